The highest BCUT2D eigenvalue weighted by atomic mass is 14.7. The lowest BCUT2D eigenvalue weighted by Crippen LogP contribution is -1.95. The Kier molecular flexibility index (Phi) is 5.97. The van der Waals surface area contributed by atoms with Crippen LogP contribution in [-0.4, -0.2) is 9.97 Å². The van der Waals surface area contributed by atoms with Gasteiger partial charge in [0.2, 0.25) is 0 Å². The first-order valence-electron chi connectivity index (χ1n) is 18.2. The van der Waals surface area contributed by atoms with E-state index in [0.717, 1.165) is 22.8 Å². The summed E-state index contributed by atoms with van der Waals surface area (Å²) in [5.41, 5.74) is 11.6. The van der Waals surface area contributed by atoms with E-state index in [1.807, 2.05) is 0 Å². The Morgan fingerprint density at radius 2 is 0.769 bits per heavy atom. The summed E-state index contributed by atoms with van der Waals surface area (Å²) in [6, 6.07) is 50.0. The summed E-state index contributed by atoms with van der Waals surface area (Å²) in [6.07, 6.45) is 0. The van der Waals surface area contributed by atoms with Crippen molar-refractivity contribution >= 4 is 75.4 Å². The van der Waals surface area contributed by atoms with E-state index in [4.69, 9.17) is 9.97 Å². The van der Waals surface area contributed by atoms with Gasteiger partial charge >= 0.3 is 0 Å². The molecule has 0 spiro atoms. The van der Waals surface area contributed by atoms with E-state index < -0.39 is 0 Å². The lowest BCUT2D eigenvalue weighted by molar-refractivity contribution is 1.12. The van der Waals surface area contributed by atoms with Crippen LogP contribution in [0.15, 0.2) is 133 Å². The second kappa shape index (κ2) is 10.6. The Bertz CT molecular complexity index is 3220. The van der Waals surface area contributed by atoms with E-state index in [-0.39, 0.29) is 0 Å². The molecule has 2 aromatic heterocycles. The van der Waals surface area contributed by atoms with Gasteiger partial charge in [0.15, 0.2) is 0 Å². The number of pyridine rings is 2. The molecule has 52 heavy (non-hydrogen) atoms. The van der Waals surface area contributed by atoms with Crippen molar-refractivity contribution in [3.05, 3.63) is 156 Å². The number of rotatable bonds is 3. The number of benzene rings is 7. The van der Waals surface area contributed by atoms with Gasteiger partial charge in [0.05, 0.1) is 0 Å². The second-order valence-electron chi connectivity index (χ2n) is 14.7. The molecule has 0 unspecified atom stereocenters. The topological polar surface area (TPSA) is 25.8 Å². The van der Waals surface area contributed by atoms with Gasteiger partial charge in [0.1, 0.15) is 0 Å². The molecule has 0 bridgehead atoms. The number of aryl methyl sites for hydroxylation is 4. The third-order valence-electron chi connectivity index (χ3n) is 11.3. The minimum Gasteiger partial charge on any atom is -0.258 e. The molecule has 0 aliphatic heterocycles. The van der Waals surface area contributed by atoms with Crippen molar-refractivity contribution in [2.45, 2.75) is 27.7 Å². The van der Waals surface area contributed by atoms with Gasteiger partial charge in [-0.25, -0.2) is 0 Å². The van der Waals surface area contributed by atoms with Gasteiger partial charge in [-0.3, -0.25) is 9.97 Å². The first-order chi connectivity index (χ1) is 25.4. The third-order valence-corrected chi connectivity index (χ3v) is 11.3. The third kappa shape index (κ3) is 3.95. The summed E-state index contributed by atoms with van der Waals surface area (Å²) in [4.78, 5) is 9.72. The van der Waals surface area contributed by atoms with Crippen LogP contribution in [0.2, 0.25) is 0 Å². The first-order valence-corrected chi connectivity index (χ1v) is 18.2. The van der Waals surface area contributed by atoms with Gasteiger partial charge in [-0.15, -0.1) is 0 Å². The highest BCUT2D eigenvalue weighted by Crippen LogP contribution is 2.55. The predicted octanol–water partition coefficient (Wildman–Crippen LogP) is 13.7. The minimum absolute atomic E-state index is 1.03. The number of hydrogen-bond donors (Lipinski definition) is 0. The molecule has 0 fully saturated rings. The van der Waals surface area contributed by atoms with E-state index in [1.165, 1.54) is 109 Å². The van der Waals surface area contributed by atoms with Crippen molar-refractivity contribution in [3.63, 3.8) is 0 Å². The lowest BCUT2D eigenvalue weighted by Gasteiger charge is -2.20. The van der Waals surface area contributed by atoms with Crippen molar-refractivity contribution in [1.82, 2.24) is 9.97 Å². The molecule has 11 rings (SSSR count). The largest absolute Gasteiger partial charge is 0.258 e. The molecule has 244 valence electrons. The van der Waals surface area contributed by atoms with Crippen molar-refractivity contribution in [3.8, 4) is 33.4 Å². The molecule has 9 aromatic carbocycles. The summed E-state index contributed by atoms with van der Waals surface area (Å²) in [7, 11) is 0. The molecule has 0 aliphatic rings. The van der Waals surface area contributed by atoms with Crippen LogP contribution in [0, 0.1) is 27.7 Å². The quantitative estimate of drug-likeness (QED) is 0.176. The SMILES string of the molecule is Cc1cc(-c2c3cc4c5ccccc5c5cccc(c3c(-c3cc(C)nc(C)c3)c3c6cccc7c(-c8ccccc8)ccc(c23)c76)c54)cc(C)n1. The van der Waals surface area contributed by atoms with Crippen molar-refractivity contribution < 1.29 is 0 Å². The molecule has 0 N–H and O–H groups in total. The van der Waals surface area contributed by atoms with Crippen molar-refractivity contribution in [2.24, 2.45) is 0 Å². The molecular formula is C50H34N2. The number of nitrogens with zero attached hydrogens (tertiary/aromatic N) is 2. The maximum absolute atomic E-state index is 4.86. The fourth-order valence-electron chi connectivity index (χ4n) is 9.63. The lowest BCUT2D eigenvalue weighted by atomic mass is 9.83. The molecule has 0 amide bonds. The Hall–Kier alpha value is -6.38. The zero-order chi connectivity index (χ0) is 34.8. The summed E-state index contributed by atoms with van der Waals surface area (Å²) in [5, 5.41) is 18.2. The van der Waals surface area contributed by atoms with E-state index in [2.05, 4.69) is 161 Å². The fourth-order valence-corrected chi connectivity index (χ4v) is 9.63. The highest BCUT2D eigenvalue weighted by Gasteiger charge is 2.27. The summed E-state index contributed by atoms with van der Waals surface area (Å²) in [6.45, 7) is 8.48. The average Bonchev–Trinajstić information content (AvgIpc) is 3.65. The van der Waals surface area contributed by atoms with E-state index in [0.29, 0.717) is 0 Å². The van der Waals surface area contributed by atoms with Crippen LogP contribution < -0.4 is 0 Å². The van der Waals surface area contributed by atoms with Gasteiger partial charge in [0.25, 0.3) is 0 Å². The molecule has 2 heterocycles. The normalized spacial score (nSPS) is 12.2. The Morgan fingerprint density at radius 1 is 0.288 bits per heavy atom. The Morgan fingerprint density at radius 3 is 1.44 bits per heavy atom. The molecule has 0 atom stereocenters. The van der Waals surface area contributed by atoms with Crippen LogP contribution >= 0.6 is 0 Å². The summed E-state index contributed by atoms with van der Waals surface area (Å²) >= 11 is 0. The molecule has 0 saturated heterocycles. The molecule has 0 radical (unpaired) electrons. The van der Waals surface area contributed by atoms with Crippen LogP contribution in [0.4, 0.5) is 0 Å². The monoisotopic (exact) mass is 662 g/mol. The zero-order valence-corrected chi connectivity index (χ0v) is 29.6. The van der Waals surface area contributed by atoms with E-state index in [9.17, 15) is 0 Å². The number of hydrogen-bond acceptors (Lipinski definition) is 2. The Balaban J connectivity index is 1.49. The van der Waals surface area contributed by atoms with Gasteiger partial charge in [0, 0.05) is 22.8 Å². The first kappa shape index (κ1) is 29.4. The fraction of sp³-hybridized carbons (Fsp3) is 0.0800. The number of fused-ring (bicyclic) bond motifs is 8. The zero-order valence-electron chi connectivity index (χ0n) is 29.6. The molecule has 2 heteroatoms. The average molecular weight is 663 g/mol. The molecule has 2 nitrogen and oxygen atoms in total. The molecule has 0 saturated carbocycles. The van der Waals surface area contributed by atoms with Crippen LogP contribution in [0.3, 0.4) is 0 Å². The van der Waals surface area contributed by atoms with Crippen molar-refractivity contribution in [2.75, 3.05) is 0 Å². The smallest absolute Gasteiger partial charge is 0.0382 e. The van der Waals surface area contributed by atoms with Crippen LogP contribution in [0.1, 0.15) is 22.8 Å². The second-order valence-corrected chi connectivity index (χ2v) is 14.7. The van der Waals surface area contributed by atoms with Gasteiger partial charge in [-0.2, -0.15) is 0 Å². The summed E-state index contributed by atoms with van der Waals surface area (Å²) in [5.74, 6) is 0. The highest BCUT2D eigenvalue weighted by molar-refractivity contribution is 6.45. The predicted molar refractivity (Wildman–Crippen MR) is 222 cm³/mol. The van der Waals surface area contributed by atoms with E-state index >= 15 is 0 Å². The number of aromatic nitrogens is 2. The standard InChI is InChI=1S/C50H34N2/c1-27-22-32(23-28(2)51-27)44-43-26-42-36-15-9-8-14-35(36)38-17-11-18-39(47(38)42)48(43)45(33-24-29(3)52-30(4)25-33)50-40-19-10-16-37-34(31-12-6-5-7-13-31)20-21-41(46(37)40)49(44)50/h5-26H,1-4H3. The van der Waals surface area contributed by atoms with Crippen LogP contribution in [0.25, 0.3) is 109 Å². The van der Waals surface area contributed by atoms with Crippen LogP contribution in [0.5, 0.6) is 0 Å². The van der Waals surface area contributed by atoms with Gasteiger partial charge in [-0.1, -0.05) is 103 Å². The van der Waals surface area contributed by atoms with Crippen molar-refractivity contribution in [1.29, 1.82) is 0 Å². The van der Waals surface area contributed by atoms with Gasteiger partial charge in [-0.05, 0) is 167 Å². The molecule has 11 aromatic rings. The minimum atomic E-state index is 1.03. The van der Waals surface area contributed by atoms with Crippen LogP contribution in [-0.2, 0) is 0 Å². The Labute approximate surface area is 301 Å². The van der Waals surface area contributed by atoms with Gasteiger partial charge < -0.3 is 0 Å². The molecular weight excluding hydrogens is 629 g/mol. The van der Waals surface area contributed by atoms with E-state index in [1.54, 1.807) is 0 Å². The molecule has 0 aliphatic carbocycles. The maximum Gasteiger partial charge on any atom is 0.0382 e. The summed E-state index contributed by atoms with van der Waals surface area (Å²) < 4.78 is 0. The maximum atomic E-state index is 4.86.